The molecule has 0 saturated carbocycles. The molecule has 0 spiro atoms. The quantitative estimate of drug-likeness (QED) is 0.423. The van der Waals surface area contributed by atoms with E-state index in [1.54, 1.807) is 0 Å². The minimum atomic E-state index is 0.223. The topological polar surface area (TPSA) is 17.3 Å². The van der Waals surface area contributed by atoms with Gasteiger partial charge in [0.05, 0.1) is 0 Å². The van der Waals surface area contributed by atoms with Crippen molar-refractivity contribution in [2.24, 2.45) is 0 Å². The zero-order valence-corrected chi connectivity index (χ0v) is 15.5. The molecule has 3 heteroatoms. The monoisotopic (exact) mass is 388 g/mol. The molecule has 5 rings (SSSR count). The molecule has 0 aliphatic carbocycles. The molecule has 120 valence electrons. The number of imidazole rings is 1. The maximum absolute atomic E-state index is 4.96. The Balaban J connectivity index is 1.83. The van der Waals surface area contributed by atoms with Crippen LogP contribution in [0.1, 0.15) is 5.56 Å². The van der Waals surface area contributed by atoms with Crippen molar-refractivity contribution in [3.63, 3.8) is 0 Å². The summed E-state index contributed by atoms with van der Waals surface area (Å²) in [5.74, 6) is 0. The summed E-state index contributed by atoms with van der Waals surface area (Å²) in [5, 5.41) is 1.27. The molecule has 0 radical (unpaired) electrons. The van der Waals surface area contributed by atoms with E-state index < -0.39 is 0 Å². The average molecular weight is 387 g/mol. The first kappa shape index (κ1) is 14.7. The standard InChI is InChI=1S/C22H16N2Se/c1-15-10-12-17(13-11-15)25-21-14-16-6-2-4-8-19(16)24-20-9-5-3-7-18(20)23-22(21)24/h2-14H,1H3. The van der Waals surface area contributed by atoms with Crippen molar-refractivity contribution in [1.82, 2.24) is 9.38 Å². The van der Waals surface area contributed by atoms with Crippen molar-refractivity contribution in [1.29, 1.82) is 0 Å². The van der Waals surface area contributed by atoms with Crippen LogP contribution in [0, 0.1) is 6.92 Å². The summed E-state index contributed by atoms with van der Waals surface area (Å²) in [5.41, 5.74) is 5.83. The van der Waals surface area contributed by atoms with Gasteiger partial charge in [0.25, 0.3) is 0 Å². The molecule has 2 nitrogen and oxygen atoms in total. The zero-order valence-electron chi connectivity index (χ0n) is 13.8. The molecule has 0 aliphatic heterocycles. The predicted molar refractivity (Wildman–Crippen MR) is 106 cm³/mol. The Morgan fingerprint density at radius 2 is 1.52 bits per heavy atom. The predicted octanol–water partition coefficient (Wildman–Crippen LogP) is 3.60. The molecule has 0 amide bonds. The summed E-state index contributed by atoms with van der Waals surface area (Å²) < 4.78 is 5.02. The first-order valence-corrected chi connectivity index (χ1v) is 10.0. The molecule has 0 N–H and O–H groups in total. The second-order valence-corrected chi connectivity index (χ2v) is 8.58. The summed E-state index contributed by atoms with van der Waals surface area (Å²) in [4.78, 5) is 4.96. The van der Waals surface area contributed by atoms with Crippen molar-refractivity contribution in [3.05, 3.63) is 84.4 Å². The van der Waals surface area contributed by atoms with Crippen LogP contribution in [-0.2, 0) is 0 Å². The Bertz CT molecular complexity index is 1220. The van der Waals surface area contributed by atoms with Gasteiger partial charge in [-0.05, 0) is 0 Å². The van der Waals surface area contributed by atoms with E-state index in [0.717, 1.165) is 11.2 Å². The summed E-state index contributed by atoms with van der Waals surface area (Å²) in [6.45, 7) is 2.13. The number of fused-ring (bicyclic) bond motifs is 5. The second-order valence-electron chi connectivity index (χ2n) is 6.24. The third kappa shape index (κ3) is 2.44. The zero-order chi connectivity index (χ0) is 16.8. The van der Waals surface area contributed by atoms with Crippen LogP contribution in [0.3, 0.4) is 0 Å². The normalized spacial score (nSPS) is 11.6. The van der Waals surface area contributed by atoms with Gasteiger partial charge in [-0.15, -0.1) is 0 Å². The summed E-state index contributed by atoms with van der Waals surface area (Å²) in [6.07, 6.45) is 0. The third-order valence-corrected chi connectivity index (χ3v) is 6.65. The van der Waals surface area contributed by atoms with Gasteiger partial charge in [0.2, 0.25) is 0 Å². The molecule has 0 saturated heterocycles. The van der Waals surface area contributed by atoms with Crippen LogP contribution in [0.4, 0.5) is 0 Å². The van der Waals surface area contributed by atoms with Gasteiger partial charge in [-0.25, -0.2) is 0 Å². The van der Waals surface area contributed by atoms with Gasteiger partial charge in [-0.2, -0.15) is 0 Å². The van der Waals surface area contributed by atoms with Gasteiger partial charge in [0.15, 0.2) is 0 Å². The van der Waals surface area contributed by atoms with E-state index in [2.05, 4.69) is 90.2 Å². The van der Waals surface area contributed by atoms with E-state index in [1.807, 2.05) is 0 Å². The van der Waals surface area contributed by atoms with E-state index in [4.69, 9.17) is 4.98 Å². The van der Waals surface area contributed by atoms with Crippen molar-refractivity contribution in [2.45, 2.75) is 6.92 Å². The number of pyridine rings is 1. The molecule has 2 heterocycles. The van der Waals surface area contributed by atoms with Crippen LogP contribution in [0.2, 0.25) is 0 Å². The third-order valence-electron chi connectivity index (χ3n) is 4.49. The molecular formula is C22H16N2Se. The SMILES string of the molecule is Cc1ccc([Se]c2cc3ccccc3n3c2nc2ccccc23)cc1. The molecule has 0 atom stereocenters. The maximum atomic E-state index is 4.96. The van der Waals surface area contributed by atoms with Crippen LogP contribution in [0.5, 0.6) is 0 Å². The van der Waals surface area contributed by atoms with Crippen molar-refractivity contribution in [3.8, 4) is 0 Å². The van der Waals surface area contributed by atoms with Gasteiger partial charge in [0.1, 0.15) is 0 Å². The van der Waals surface area contributed by atoms with Gasteiger partial charge >= 0.3 is 152 Å². The molecule has 3 aromatic carbocycles. The number of benzene rings is 3. The fraction of sp³-hybridized carbons (Fsp3) is 0.0455. The number of para-hydroxylation sites is 3. The molecule has 0 bridgehead atoms. The fourth-order valence-electron chi connectivity index (χ4n) is 3.26. The van der Waals surface area contributed by atoms with E-state index in [0.29, 0.717) is 0 Å². The van der Waals surface area contributed by atoms with Crippen LogP contribution in [0.15, 0.2) is 78.9 Å². The first-order chi connectivity index (χ1) is 12.3. The molecule has 5 aromatic rings. The number of rotatable bonds is 2. The Morgan fingerprint density at radius 1 is 0.800 bits per heavy atom. The Hall–Kier alpha value is -2.61. The van der Waals surface area contributed by atoms with Gasteiger partial charge < -0.3 is 0 Å². The van der Waals surface area contributed by atoms with Crippen LogP contribution < -0.4 is 8.92 Å². The van der Waals surface area contributed by atoms with Crippen LogP contribution in [0.25, 0.3) is 27.6 Å². The first-order valence-electron chi connectivity index (χ1n) is 8.33. The second kappa shape index (κ2) is 5.73. The van der Waals surface area contributed by atoms with Crippen molar-refractivity contribution < 1.29 is 0 Å². The average Bonchev–Trinajstić information content (AvgIpc) is 3.04. The van der Waals surface area contributed by atoms with Gasteiger partial charge in [-0.3, -0.25) is 0 Å². The molecule has 2 aromatic heterocycles. The Morgan fingerprint density at radius 3 is 2.36 bits per heavy atom. The van der Waals surface area contributed by atoms with E-state index >= 15 is 0 Å². The Labute approximate surface area is 152 Å². The van der Waals surface area contributed by atoms with E-state index in [-0.39, 0.29) is 15.0 Å². The van der Waals surface area contributed by atoms with Gasteiger partial charge in [-0.1, -0.05) is 0 Å². The number of nitrogens with zero attached hydrogens (tertiary/aromatic N) is 2. The number of aromatic nitrogens is 2. The molecular weight excluding hydrogens is 371 g/mol. The van der Waals surface area contributed by atoms with Crippen molar-refractivity contribution >= 4 is 51.5 Å². The van der Waals surface area contributed by atoms with Crippen LogP contribution in [-0.4, -0.2) is 24.3 Å². The number of aryl methyl sites for hydroxylation is 1. The number of hydrogen-bond acceptors (Lipinski definition) is 1. The van der Waals surface area contributed by atoms with E-state index in [9.17, 15) is 0 Å². The summed E-state index contributed by atoms with van der Waals surface area (Å²) in [6, 6.07) is 28.2. The minimum absolute atomic E-state index is 0.223. The summed E-state index contributed by atoms with van der Waals surface area (Å²) in [7, 11) is 0. The van der Waals surface area contributed by atoms with E-state index in [1.165, 1.54) is 30.9 Å². The summed E-state index contributed by atoms with van der Waals surface area (Å²) >= 11 is 0.223. The molecule has 0 fully saturated rings. The molecule has 25 heavy (non-hydrogen) atoms. The fourth-order valence-corrected chi connectivity index (χ4v) is 5.24. The van der Waals surface area contributed by atoms with Crippen molar-refractivity contribution in [2.75, 3.05) is 0 Å². The van der Waals surface area contributed by atoms with Crippen LogP contribution >= 0.6 is 0 Å². The molecule has 0 aliphatic rings. The molecule has 0 unspecified atom stereocenters. The Kier molecular flexibility index (Phi) is 3.37. The van der Waals surface area contributed by atoms with Gasteiger partial charge in [0, 0.05) is 0 Å². The number of hydrogen-bond donors (Lipinski definition) is 0.